The lowest BCUT2D eigenvalue weighted by Crippen LogP contribution is -2.48. The summed E-state index contributed by atoms with van der Waals surface area (Å²) < 4.78 is 0. The molecule has 0 radical (unpaired) electrons. The van der Waals surface area contributed by atoms with E-state index in [1.807, 2.05) is 50.2 Å². The van der Waals surface area contributed by atoms with E-state index >= 15 is 0 Å². The van der Waals surface area contributed by atoms with Crippen LogP contribution in [0.1, 0.15) is 31.1 Å². The standard InChI is InChI=1S/C17H18N2O2/c1-10(2)18-16(20)11(3)19-14-9-5-7-12-6-4-8-13(15(12)14)17(19)21/h4-11H,1-3H3,(H,18,20). The van der Waals surface area contributed by atoms with Gasteiger partial charge in [-0.25, -0.2) is 0 Å². The van der Waals surface area contributed by atoms with Crippen molar-refractivity contribution in [3.63, 3.8) is 0 Å². The van der Waals surface area contributed by atoms with E-state index in [4.69, 9.17) is 0 Å². The maximum Gasteiger partial charge on any atom is 0.259 e. The van der Waals surface area contributed by atoms with Crippen molar-refractivity contribution < 1.29 is 9.59 Å². The molecule has 0 spiro atoms. The number of hydrogen-bond donors (Lipinski definition) is 1. The number of nitrogens with zero attached hydrogens (tertiary/aromatic N) is 1. The van der Waals surface area contributed by atoms with Gasteiger partial charge in [-0.2, -0.15) is 0 Å². The Bertz CT molecular complexity index is 731. The van der Waals surface area contributed by atoms with Gasteiger partial charge in [-0.1, -0.05) is 24.3 Å². The van der Waals surface area contributed by atoms with E-state index in [0.717, 1.165) is 16.5 Å². The van der Waals surface area contributed by atoms with Gasteiger partial charge in [0, 0.05) is 17.0 Å². The Labute approximate surface area is 123 Å². The second-order valence-corrected chi connectivity index (χ2v) is 5.70. The van der Waals surface area contributed by atoms with Crippen LogP contribution in [0.2, 0.25) is 0 Å². The Kier molecular flexibility index (Phi) is 3.16. The van der Waals surface area contributed by atoms with Gasteiger partial charge in [-0.15, -0.1) is 0 Å². The van der Waals surface area contributed by atoms with Crippen molar-refractivity contribution in [2.75, 3.05) is 4.90 Å². The molecule has 1 N–H and O–H groups in total. The van der Waals surface area contributed by atoms with Crippen molar-refractivity contribution >= 4 is 28.3 Å². The van der Waals surface area contributed by atoms with Crippen molar-refractivity contribution in [1.29, 1.82) is 0 Å². The predicted octanol–water partition coefficient (Wildman–Crippen LogP) is 2.71. The van der Waals surface area contributed by atoms with Crippen molar-refractivity contribution in [2.24, 2.45) is 0 Å². The van der Waals surface area contributed by atoms with Crippen LogP contribution in [0.5, 0.6) is 0 Å². The minimum absolute atomic E-state index is 0.0517. The second kappa shape index (κ2) is 4.88. The van der Waals surface area contributed by atoms with E-state index < -0.39 is 6.04 Å². The molecule has 0 aliphatic carbocycles. The minimum atomic E-state index is -0.530. The summed E-state index contributed by atoms with van der Waals surface area (Å²) >= 11 is 0. The van der Waals surface area contributed by atoms with Gasteiger partial charge in [0.15, 0.2) is 0 Å². The highest BCUT2D eigenvalue weighted by molar-refractivity contribution is 6.26. The number of carbonyl (C=O) groups excluding carboxylic acids is 2. The van der Waals surface area contributed by atoms with Gasteiger partial charge in [0.2, 0.25) is 5.91 Å². The molecule has 2 aromatic carbocycles. The Balaban J connectivity index is 2.05. The molecule has 21 heavy (non-hydrogen) atoms. The Morgan fingerprint density at radius 2 is 1.76 bits per heavy atom. The van der Waals surface area contributed by atoms with Gasteiger partial charge >= 0.3 is 0 Å². The molecular formula is C17H18N2O2. The number of hydrogen-bond acceptors (Lipinski definition) is 2. The summed E-state index contributed by atoms with van der Waals surface area (Å²) in [6, 6.07) is 11.0. The molecule has 1 unspecified atom stereocenters. The summed E-state index contributed by atoms with van der Waals surface area (Å²) in [5.74, 6) is -0.239. The van der Waals surface area contributed by atoms with Crippen LogP contribution in [-0.4, -0.2) is 23.9 Å². The maximum atomic E-state index is 12.7. The molecule has 0 aromatic heterocycles. The van der Waals surface area contributed by atoms with Crippen LogP contribution < -0.4 is 10.2 Å². The smallest absolute Gasteiger partial charge is 0.259 e. The van der Waals surface area contributed by atoms with Crippen molar-refractivity contribution in [2.45, 2.75) is 32.9 Å². The van der Waals surface area contributed by atoms with Crippen LogP contribution in [-0.2, 0) is 4.79 Å². The lowest BCUT2D eigenvalue weighted by Gasteiger charge is -2.25. The first kappa shape index (κ1) is 13.6. The van der Waals surface area contributed by atoms with Crippen molar-refractivity contribution in [3.8, 4) is 0 Å². The fourth-order valence-corrected chi connectivity index (χ4v) is 2.85. The predicted molar refractivity (Wildman–Crippen MR) is 83.5 cm³/mol. The molecule has 1 aliphatic rings. The van der Waals surface area contributed by atoms with E-state index in [0.29, 0.717) is 5.56 Å². The quantitative estimate of drug-likeness (QED) is 0.941. The zero-order valence-electron chi connectivity index (χ0n) is 12.4. The van der Waals surface area contributed by atoms with Gasteiger partial charge in [0.25, 0.3) is 5.91 Å². The SMILES string of the molecule is CC(C)NC(=O)C(C)N1C(=O)c2cccc3cccc1c23. The second-order valence-electron chi connectivity index (χ2n) is 5.70. The van der Waals surface area contributed by atoms with E-state index in [1.165, 1.54) is 0 Å². The molecule has 108 valence electrons. The summed E-state index contributed by atoms with van der Waals surface area (Å²) in [7, 11) is 0. The molecule has 1 atom stereocenters. The molecule has 0 bridgehead atoms. The zero-order valence-corrected chi connectivity index (χ0v) is 12.4. The fourth-order valence-electron chi connectivity index (χ4n) is 2.85. The molecule has 1 aliphatic heterocycles. The van der Waals surface area contributed by atoms with E-state index in [1.54, 1.807) is 11.8 Å². The lowest BCUT2D eigenvalue weighted by molar-refractivity contribution is -0.122. The molecule has 2 aromatic rings. The molecule has 3 rings (SSSR count). The third kappa shape index (κ3) is 2.07. The van der Waals surface area contributed by atoms with Gasteiger partial charge in [-0.3, -0.25) is 14.5 Å². The highest BCUT2D eigenvalue weighted by atomic mass is 16.2. The highest BCUT2D eigenvalue weighted by Crippen LogP contribution is 2.38. The third-order valence-corrected chi connectivity index (χ3v) is 3.79. The number of rotatable bonds is 3. The van der Waals surface area contributed by atoms with Crippen LogP contribution >= 0.6 is 0 Å². The van der Waals surface area contributed by atoms with Crippen LogP contribution in [0.15, 0.2) is 36.4 Å². The molecular weight excluding hydrogens is 264 g/mol. The molecule has 4 nitrogen and oxygen atoms in total. The van der Waals surface area contributed by atoms with Crippen LogP contribution in [0.25, 0.3) is 10.8 Å². The van der Waals surface area contributed by atoms with Gasteiger partial charge in [-0.05, 0) is 38.3 Å². The first-order chi connectivity index (χ1) is 10.0. The third-order valence-electron chi connectivity index (χ3n) is 3.79. The average Bonchev–Trinajstić information content (AvgIpc) is 2.73. The van der Waals surface area contributed by atoms with Crippen molar-refractivity contribution in [1.82, 2.24) is 5.32 Å². The largest absolute Gasteiger partial charge is 0.352 e. The Morgan fingerprint density at radius 1 is 1.10 bits per heavy atom. The fraction of sp³-hybridized carbons (Fsp3) is 0.294. The van der Waals surface area contributed by atoms with Gasteiger partial charge < -0.3 is 5.32 Å². The first-order valence-corrected chi connectivity index (χ1v) is 7.16. The molecule has 2 amide bonds. The summed E-state index contributed by atoms with van der Waals surface area (Å²) in [5, 5.41) is 4.83. The molecule has 4 heteroatoms. The molecule has 1 heterocycles. The van der Waals surface area contributed by atoms with Crippen molar-refractivity contribution in [3.05, 3.63) is 42.0 Å². The molecule has 0 saturated heterocycles. The topological polar surface area (TPSA) is 49.4 Å². The zero-order chi connectivity index (χ0) is 15.1. The normalized spacial score (nSPS) is 14.9. The number of anilines is 1. The number of benzene rings is 2. The number of amides is 2. The minimum Gasteiger partial charge on any atom is -0.352 e. The molecule has 0 fully saturated rings. The van der Waals surface area contributed by atoms with Crippen LogP contribution in [0, 0.1) is 0 Å². The van der Waals surface area contributed by atoms with Crippen LogP contribution in [0.3, 0.4) is 0 Å². The lowest BCUT2D eigenvalue weighted by atomic mass is 10.1. The summed E-state index contributed by atoms with van der Waals surface area (Å²) in [6.45, 7) is 5.58. The average molecular weight is 282 g/mol. The number of carbonyl (C=O) groups is 2. The van der Waals surface area contributed by atoms with E-state index in [-0.39, 0.29) is 17.9 Å². The number of nitrogens with one attached hydrogen (secondary N) is 1. The van der Waals surface area contributed by atoms with Crippen LogP contribution in [0.4, 0.5) is 5.69 Å². The Morgan fingerprint density at radius 3 is 2.43 bits per heavy atom. The first-order valence-electron chi connectivity index (χ1n) is 7.16. The summed E-state index contributed by atoms with van der Waals surface area (Å²) in [6.07, 6.45) is 0. The van der Waals surface area contributed by atoms with Gasteiger partial charge in [0.05, 0.1) is 5.69 Å². The van der Waals surface area contributed by atoms with Gasteiger partial charge in [0.1, 0.15) is 6.04 Å². The highest BCUT2D eigenvalue weighted by Gasteiger charge is 2.35. The maximum absolute atomic E-state index is 12.7. The monoisotopic (exact) mass is 282 g/mol. The van der Waals surface area contributed by atoms with E-state index in [2.05, 4.69) is 5.32 Å². The Hall–Kier alpha value is -2.36. The molecule has 0 saturated carbocycles. The summed E-state index contributed by atoms with van der Waals surface area (Å²) in [5.41, 5.74) is 1.49. The summed E-state index contributed by atoms with van der Waals surface area (Å²) in [4.78, 5) is 26.5. The van der Waals surface area contributed by atoms with E-state index in [9.17, 15) is 9.59 Å².